The summed E-state index contributed by atoms with van der Waals surface area (Å²) in [7, 11) is 1.32. The third-order valence-electron chi connectivity index (χ3n) is 4.96. The molecule has 0 bridgehead atoms. The van der Waals surface area contributed by atoms with Crippen molar-refractivity contribution in [2.24, 2.45) is 0 Å². The van der Waals surface area contributed by atoms with E-state index in [0.717, 1.165) is 29.9 Å². The van der Waals surface area contributed by atoms with E-state index < -0.39 is 5.97 Å². The van der Waals surface area contributed by atoms with Crippen molar-refractivity contribution in [1.82, 2.24) is 5.32 Å². The highest BCUT2D eigenvalue weighted by Gasteiger charge is 2.26. The third-order valence-corrected chi connectivity index (χ3v) is 4.96. The van der Waals surface area contributed by atoms with Crippen LogP contribution in [0.2, 0.25) is 0 Å². The molecule has 2 amide bonds. The Bertz CT molecular complexity index is 893. The minimum atomic E-state index is -0.446. The maximum atomic E-state index is 12.2. The molecule has 7 heteroatoms. The molecule has 0 spiro atoms. The summed E-state index contributed by atoms with van der Waals surface area (Å²) in [4.78, 5) is 23.8. The monoisotopic (exact) mass is 382 g/mol. The van der Waals surface area contributed by atoms with E-state index in [1.165, 1.54) is 18.2 Å². The number of esters is 1. The molecule has 7 nitrogen and oxygen atoms in total. The van der Waals surface area contributed by atoms with Crippen LogP contribution in [0.1, 0.15) is 27.0 Å². The summed E-state index contributed by atoms with van der Waals surface area (Å²) in [6.45, 7) is 1.85. The second kappa shape index (κ2) is 7.80. The lowest BCUT2D eigenvalue weighted by Crippen LogP contribution is -2.30. The van der Waals surface area contributed by atoms with E-state index in [-0.39, 0.29) is 6.03 Å². The minimum Gasteiger partial charge on any atom is -0.493 e. The fourth-order valence-corrected chi connectivity index (χ4v) is 3.67. The van der Waals surface area contributed by atoms with Crippen LogP contribution >= 0.6 is 0 Å². The van der Waals surface area contributed by atoms with E-state index >= 15 is 0 Å². The van der Waals surface area contributed by atoms with Gasteiger partial charge in [-0.1, -0.05) is 6.07 Å². The number of methoxy groups -OCH3 is 1. The summed E-state index contributed by atoms with van der Waals surface area (Å²) in [5, 5.41) is 5.60. The van der Waals surface area contributed by atoms with Gasteiger partial charge in [0.1, 0.15) is 11.5 Å². The Morgan fingerprint density at radius 1 is 1.14 bits per heavy atom. The Labute approximate surface area is 163 Å². The average Bonchev–Trinajstić information content (AvgIpc) is 3.36. The van der Waals surface area contributed by atoms with E-state index in [9.17, 15) is 9.59 Å². The first kappa shape index (κ1) is 18.2. The summed E-state index contributed by atoms with van der Waals surface area (Å²) in [6.07, 6.45) is 2.43. The highest BCUT2D eigenvalue weighted by Crippen LogP contribution is 2.40. The predicted octanol–water partition coefficient (Wildman–Crippen LogP) is 2.71. The van der Waals surface area contributed by atoms with Gasteiger partial charge < -0.3 is 24.8 Å². The van der Waals surface area contributed by atoms with Crippen molar-refractivity contribution in [3.05, 3.63) is 52.6 Å². The minimum absolute atomic E-state index is 0.330. The van der Waals surface area contributed by atoms with Crippen LogP contribution in [0.4, 0.5) is 10.5 Å². The lowest BCUT2D eigenvalue weighted by molar-refractivity contribution is 0.0600. The Hall–Kier alpha value is -3.22. The second-order valence-electron chi connectivity index (χ2n) is 6.72. The van der Waals surface area contributed by atoms with Crippen LogP contribution < -0.4 is 20.1 Å². The first-order chi connectivity index (χ1) is 13.7. The molecule has 0 atom stereocenters. The van der Waals surface area contributed by atoms with Crippen molar-refractivity contribution in [3.8, 4) is 11.5 Å². The zero-order chi connectivity index (χ0) is 19.5. The average molecular weight is 382 g/mol. The molecule has 0 radical (unpaired) electrons. The lowest BCUT2D eigenvalue weighted by Gasteiger charge is -2.14. The van der Waals surface area contributed by atoms with Crippen LogP contribution in [0.5, 0.6) is 11.5 Å². The normalized spacial score (nSPS) is 13.8. The molecule has 0 unspecified atom stereocenters. The Morgan fingerprint density at radius 2 is 2.00 bits per heavy atom. The molecule has 0 saturated heterocycles. The van der Waals surface area contributed by atoms with Crippen LogP contribution in [-0.4, -0.2) is 38.9 Å². The molecule has 2 heterocycles. The topological polar surface area (TPSA) is 85.9 Å². The third kappa shape index (κ3) is 3.60. The van der Waals surface area contributed by atoms with E-state index in [0.29, 0.717) is 37.4 Å². The van der Waals surface area contributed by atoms with E-state index in [1.807, 2.05) is 0 Å². The molecule has 146 valence electrons. The van der Waals surface area contributed by atoms with Crippen molar-refractivity contribution in [2.75, 3.05) is 32.2 Å². The van der Waals surface area contributed by atoms with E-state index in [4.69, 9.17) is 14.2 Å². The quantitative estimate of drug-likeness (QED) is 0.777. The Morgan fingerprint density at radius 3 is 2.86 bits per heavy atom. The van der Waals surface area contributed by atoms with E-state index in [2.05, 4.69) is 16.7 Å². The number of anilines is 1. The summed E-state index contributed by atoms with van der Waals surface area (Å²) < 4.78 is 16.2. The molecular formula is C21H22N2O5. The van der Waals surface area contributed by atoms with E-state index in [1.54, 1.807) is 24.3 Å². The van der Waals surface area contributed by atoms with Crippen molar-refractivity contribution >= 4 is 17.7 Å². The van der Waals surface area contributed by atoms with Crippen molar-refractivity contribution in [1.29, 1.82) is 0 Å². The van der Waals surface area contributed by atoms with Crippen molar-refractivity contribution in [3.63, 3.8) is 0 Å². The fraction of sp³-hybridized carbons (Fsp3) is 0.333. The summed E-state index contributed by atoms with van der Waals surface area (Å²) in [5.74, 6) is 1.46. The maximum absolute atomic E-state index is 12.2. The summed E-state index contributed by atoms with van der Waals surface area (Å²) in [6, 6.07) is 8.37. The number of benzene rings is 2. The molecule has 0 saturated carbocycles. The number of rotatable bonds is 5. The number of carbonyl (C=O) groups is 2. The molecule has 2 N–H and O–H groups in total. The first-order valence-corrected chi connectivity index (χ1v) is 9.32. The first-order valence-electron chi connectivity index (χ1n) is 9.32. The van der Waals surface area contributed by atoms with Gasteiger partial charge in [-0.2, -0.15) is 0 Å². The summed E-state index contributed by atoms with van der Waals surface area (Å²) in [5.41, 5.74) is 4.41. The number of hydrogen-bond donors (Lipinski definition) is 2. The number of nitrogens with one attached hydrogen (secondary N) is 2. The van der Waals surface area contributed by atoms with Crippen LogP contribution in [0.25, 0.3) is 0 Å². The number of hydrogen-bond acceptors (Lipinski definition) is 5. The molecule has 2 aliphatic heterocycles. The van der Waals surface area contributed by atoms with Crippen LogP contribution in [0.15, 0.2) is 30.3 Å². The Balaban J connectivity index is 1.38. The zero-order valence-electron chi connectivity index (χ0n) is 15.7. The molecular weight excluding hydrogens is 360 g/mol. The van der Waals surface area contributed by atoms with Gasteiger partial charge in [-0.3, -0.25) is 0 Å². The van der Waals surface area contributed by atoms with Crippen LogP contribution in [0.3, 0.4) is 0 Å². The number of urea groups is 1. The standard InChI is InChI=1S/C21H22N2O5/c1-26-20(24)14-3-2-4-15(11-14)23-21(25)22-8-5-17-16-7-10-27-18(16)12-13-6-9-28-19(13)17/h2-4,11-12H,5-10H2,1H3,(H2,22,23,25). The SMILES string of the molecule is COC(=O)c1cccc(NC(=O)NCCc2c3c(cc4c2OCC4)OCC3)c1. The van der Waals surface area contributed by atoms with Gasteiger partial charge in [0.05, 0.1) is 25.9 Å². The lowest BCUT2D eigenvalue weighted by atomic mass is 9.97. The van der Waals surface area contributed by atoms with Crippen molar-refractivity contribution < 1.29 is 23.8 Å². The second-order valence-corrected chi connectivity index (χ2v) is 6.72. The van der Waals surface area contributed by atoms with Gasteiger partial charge in [0.25, 0.3) is 0 Å². The maximum Gasteiger partial charge on any atom is 0.337 e. The van der Waals surface area contributed by atoms with Crippen LogP contribution in [-0.2, 0) is 24.0 Å². The zero-order valence-corrected chi connectivity index (χ0v) is 15.7. The van der Waals surface area contributed by atoms with Gasteiger partial charge in [0.2, 0.25) is 0 Å². The molecule has 2 aromatic rings. The molecule has 28 heavy (non-hydrogen) atoms. The number of ether oxygens (including phenoxy) is 3. The smallest absolute Gasteiger partial charge is 0.337 e. The molecule has 4 rings (SSSR count). The highest BCUT2D eigenvalue weighted by atomic mass is 16.5. The fourth-order valence-electron chi connectivity index (χ4n) is 3.67. The number of fused-ring (bicyclic) bond motifs is 2. The van der Waals surface area contributed by atoms with Gasteiger partial charge >= 0.3 is 12.0 Å². The van der Waals surface area contributed by atoms with Gasteiger partial charge in [0, 0.05) is 41.8 Å². The van der Waals surface area contributed by atoms with Crippen LogP contribution in [0, 0.1) is 0 Å². The Kier molecular flexibility index (Phi) is 5.06. The van der Waals surface area contributed by atoms with Gasteiger partial charge in [-0.25, -0.2) is 9.59 Å². The highest BCUT2D eigenvalue weighted by molar-refractivity contribution is 5.93. The predicted molar refractivity (Wildman–Crippen MR) is 103 cm³/mol. The molecule has 2 aliphatic rings. The molecule has 0 aliphatic carbocycles. The molecule has 0 aromatic heterocycles. The van der Waals surface area contributed by atoms with Gasteiger partial charge in [-0.05, 0) is 30.7 Å². The summed E-state index contributed by atoms with van der Waals surface area (Å²) >= 11 is 0. The van der Waals surface area contributed by atoms with Gasteiger partial charge in [0.15, 0.2) is 0 Å². The molecule has 2 aromatic carbocycles. The molecule has 0 fully saturated rings. The van der Waals surface area contributed by atoms with Gasteiger partial charge in [-0.15, -0.1) is 0 Å². The largest absolute Gasteiger partial charge is 0.493 e. The number of amides is 2. The number of carbonyl (C=O) groups excluding carboxylic acids is 2. The van der Waals surface area contributed by atoms with Crippen molar-refractivity contribution in [2.45, 2.75) is 19.3 Å².